The molecule has 0 radical (unpaired) electrons. The molecule has 8 nitrogen and oxygen atoms in total. The van der Waals surface area contributed by atoms with Crippen LogP contribution in [0, 0.1) is 0 Å². The molecule has 0 saturated carbocycles. The van der Waals surface area contributed by atoms with Gasteiger partial charge in [0.15, 0.2) is 5.82 Å². The molecule has 31 heavy (non-hydrogen) atoms. The monoisotopic (exact) mass is 415 g/mol. The Balaban J connectivity index is 1.40. The maximum absolute atomic E-state index is 10.6. The fourth-order valence-corrected chi connectivity index (χ4v) is 4.27. The first kappa shape index (κ1) is 19.4. The Hall–Kier alpha value is -3.52. The Labute approximate surface area is 180 Å². The van der Waals surface area contributed by atoms with Crippen LogP contribution >= 0.6 is 0 Å². The van der Waals surface area contributed by atoms with Gasteiger partial charge in [0.25, 0.3) is 0 Å². The van der Waals surface area contributed by atoms with Crippen molar-refractivity contribution < 1.29 is 5.11 Å². The lowest BCUT2D eigenvalue weighted by atomic mass is 10.0. The van der Waals surface area contributed by atoms with Crippen molar-refractivity contribution in [1.29, 1.82) is 0 Å². The van der Waals surface area contributed by atoms with Crippen LogP contribution in [0.2, 0.25) is 0 Å². The summed E-state index contributed by atoms with van der Waals surface area (Å²) in [5.74, 6) is 0.917. The third-order valence-electron chi connectivity index (χ3n) is 5.59. The SMILES string of the molecule is C[C@@H]1CN(c2ccc(-c3ncc(-c4ccc5nn(C)cc5c4)cc3O)nn2)C[C@H](C)N1. The molecule has 0 bridgehead atoms. The number of piperazine rings is 1. The average Bonchev–Trinajstić information content (AvgIpc) is 3.12. The smallest absolute Gasteiger partial charge is 0.151 e. The standard InChI is InChI=1S/C23H25N7O/c1-14-11-30(12-15(2)25-14)22-7-6-20(26-27-22)23-21(31)9-17(10-24-23)16-4-5-19-18(8-16)13-29(3)28-19/h4-10,13-15,25,31H,11-12H2,1-3H3/t14-,15+. The first-order valence-corrected chi connectivity index (χ1v) is 10.4. The molecule has 1 aromatic carbocycles. The number of hydrogen-bond donors (Lipinski definition) is 2. The third kappa shape index (κ3) is 3.82. The van der Waals surface area contributed by atoms with Crippen LogP contribution in [0.1, 0.15) is 13.8 Å². The van der Waals surface area contributed by atoms with E-state index in [1.165, 1.54) is 0 Å². The van der Waals surface area contributed by atoms with Gasteiger partial charge in [0.05, 0.1) is 5.52 Å². The van der Waals surface area contributed by atoms with Gasteiger partial charge in [0, 0.05) is 55.6 Å². The number of aryl methyl sites for hydroxylation is 1. The molecule has 158 valence electrons. The summed E-state index contributed by atoms with van der Waals surface area (Å²) in [6.45, 7) is 6.11. The van der Waals surface area contributed by atoms with E-state index in [0.29, 0.717) is 23.5 Å². The van der Waals surface area contributed by atoms with E-state index in [4.69, 9.17) is 0 Å². The average molecular weight is 416 g/mol. The van der Waals surface area contributed by atoms with E-state index in [1.807, 2.05) is 43.6 Å². The van der Waals surface area contributed by atoms with Gasteiger partial charge in [-0.2, -0.15) is 5.10 Å². The Bertz CT molecular complexity index is 1220. The predicted molar refractivity (Wildman–Crippen MR) is 121 cm³/mol. The molecule has 3 aromatic heterocycles. The lowest BCUT2D eigenvalue weighted by Gasteiger charge is -2.36. The van der Waals surface area contributed by atoms with E-state index in [2.05, 4.69) is 44.3 Å². The van der Waals surface area contributed by atoms with Crippen molar-refractivity contribution in [1.82, 2.24) is 30.3 Å². The molecule has 4 heterocycles. The van der Waals surface area contributed by atoms with Gasteiger partial charge in [-0.15, -0.1) is 10.2 Å². The van der Waals surface area contributed by atoms with E-state index >= 15 is 0 Å². The number of fused-ring (bicyclic) bond motifs is 1. The van der Waals surface area contributed by atoms with Crippen LogP contribution in [-0.4, -0.2) is 55.2 Å². The van der Waals surface area contributed by atoms with Crippen LogP contribution in [0.3, 0.4) is 0 Å². The van der Waals surface area contributed by atoms with Crippen molar-refractivity contribution in [2.24, 2.45) is 7.05 Å². The van der Waals surface area contributed by atoms with Gasteiger partial charge in [0.1, 0.15) is 17.1 Å². The number of nitrogens with one attached hydrogen (secondary N) is 1. The van der Waals surface area contributed by atoms with Crippen LogP contribution in [-0.2, 0) is 7.05 Å². The fraction of sp³-hybridized carbons (Fsp3) is 0.304. The predicted octanol–water partition coefficient (Wildman–Crippen LogP) is 2.98. The van der Waals surface area contributed by atoms with E-state index in [1.54, 1.807) is 16.9 Å². The van der Waals surface area contributed by atoms with E-state index in [-0.39, 0.29) is 5.75 Å². The molecule has 0 unspecified atom stereocenters. The summed E-state index contributed by atoms with van der Waals surface area (Å²) >= 11 is 0. The number of anilines is 1. The van der Waals surface area contributed by atoms with Gasteiger partial charge in [0.2, 0.25) is 0 Å². The van der Waals surface area contributed by atoms with Gasteiger partial charge in [-0.05, 0) is 49.7 Å². The first-order chi connectivity index (χ1) is 15.0. The van der Waals surface area contributed by atoms with E-state index < -0.39 is 0 Å². The van der Waals surface area contributed by atoms with Crippen LogP contribution in [0.25, 0.3) is 33.4 Å². The third-order valence-corrected chi connectivity index (χ3v) is 5.59. The number of aromatic nitrogens is 5. The maximum atomic E-state index is 10.6. The molecular formula is C23H25N7O. The second-order valence-corrected chi connectivity index (χ2v) is 8.32. The van der Waals surface area contributed by atoms with E-state index in [9.17, 15) is 5.11 Å². The van der Waals surface area contributed by atoms with Crippen molar-refractivity contribution in [3.8, 4) is 28.3 Å². The zero-order chi connectivity index (χ0) is 21.5. The number of nitrogens with zero attached hydrogens (tertiary/aromatic N) is 6. The molecule has 1 aliphatic rings. The van der Waals surface area contributed by atoms with Gasteiger partial charge in [-0.25, -0.2) is 4.98 Å². The fourth-order valence-electron chi connectivity index (χ4n) is 4.27. The number of aromatic hydroxyl groups is 1. The molecule has 8 heteroatoms. The highest BCUT2D eigenvalue weighted by Crippen LogP contribution is 2.31. The number of rotatable bonds is 3. The first-order valence-electron chi connectivity index (χ1n) is 10.4. The second kappa shape index (κ2) is 7.63. The van der Waals surface area contributed by atoms with Crippen molar-refractivity contribution >= 4 is 16.7 Å². The summed E-state index contributed by atoms with van der Waals surface area (Å²) in [5, 5.41) is 28.3. The largest absolute Gasteiger partial charge is 0.506 e. The summed E-state index contributed by atoms with van der Waals surface area (Å²) in [6, 6.07) is 12.3. The van der Waals surface area contributed by atoms with Gasteiger partial charge in [-0.3, -0.25) is 4.68 Å². The molecule has 1 fully saturated rings. The second-order valence-electron chi connectivity index (χ2n) is 8.32. The Morgan fingerprint density at radius 2 is 1.81 bits per heavy atom. The lowest BCUT2D eigenvalue weighted by Crippen LogP contribution is -2.54. The Morgan fingerprint density at radius 3 is 2.52 bits per heavy atom. The summed E-state index contributed by atoms with van der Waals surface area (Å²) < 4.78 is 1.79. The van der Waals surface area contributed by atoms with Crippen LogP contribution in [0.4, 0.5) is 5.82 Å². The topological polar surface area (TPSA) is 92.0 Å². The van der Waals surface area contributed by atoms with Crippen LogP contribution in [0.15, 0.2) is 48.8 Å². The number of benzene rings is 1. The lowest BCUT2D eigenvalue weighted by molar-refractivity contribution is 0.404. The van der Waals surface area contributed by atoms with Crippen molar-refractivity contribution in [3.05, 3.63) is 48.8 Å². The van der Waals surface area contributed by atoms with Crippen molar-refractivity contribution in [2.45, 2.75) is 25.9 Å². The highest BCUT2D eigenvalue weighted by molar-refractivity contribution is 5.84. The van der Waals surface area contributed by atoms with Gasteiger partial charge in [-0.1, -0.05) is 6.07 Å². The zero-order valence-corrected chi connectivity index (χ0v) is 17.8. The summed E-state index contributed by atoms with van der Waals surface area (Å²) in [7, 11) is 1.90. The van der Waals surface area contributed by atoms with Crippen LogP contribution < -0.4 is 10.2 Å². The minimum Gasteiger partial charge on any atom is -0.506 e. The highest BCUT2D eigenvalue weighted by Gasteiger charge is 2.22. The molecule has 0 amide bonds. The molecule has 0 aliphatic carbocycles. The minimum absolute atomic E-state index is 0.0789. The quantitative estimate of drug-likeness (QED) is 0.531. The molecule has 4 aromatic rings. The highest BCUT2D eigenvalue weighted by atomic mass is 16.3. The normalized spacial score (nSPS) is 19.1. The minimum atomic E-state index is 0.0789. The Morgan fingerprint density at radius 1 is 1.00 bits per heavy atom. The molecule has 2 N–H and O–H groups in total. The Kier molecular flexibility index (Phi) is 4.78. The summed E-state index contributed by atoms with van der Waals surface area (Å²) in [4.78, 5) is 6.71. The van der Waals surface area contributed by atoms with Gasteiger partial charge < -0.3 is 15.3 Å². The van der Waals surface area contributed by atoms with Gasteiger partial charge >= 0.3 is 0 Å². The number of hydrogen-bond acceptors (Lipinski definition) is 7. The van der Waals surface area contributed by atoms with Crippen LogP contribution in [0.5, 0.6) is 5.75 Å². The summed E-state index contributed by atoms with van der Waals surface area (Å²) in [5.41, 5.74) is 3.71. The number of pyridine rings is 1. The summed E-state index contributed by atoms with van der Waals surface area (Å²) in [6.07, 6.45) is 3.72. The molecule has 2 atom stereocenters. The van der Waals surface area contributed by atoms with E-state index in [0.717, 1.165) is 40.9 Å². The maximum Gasteiger partial charge on any atom is 0.151 e. The van der Waals surface area contributed by atoms with Crippen molar-refractivity contribution in [2.75, 3.05) is 18.0 Å². The molecule has 1 aliphatic heterocycles. The molecule has 5 rings (SSSR count). The zero-order valence-electron chi connectivity index (χ0n) is 17.8. The molecular weight excluding hydrogens is 390 g/mol. The van der Waals surface area contributed by atoms with Crippen molar-refractivity contribution in [3.63, 3.8) is 0 Å². The molecule has 1 saturated heterocycles. The molecule has 0 spiro atoms.